The number of hydrogen-bond acceptors (Lipinski definition) is 2. The molecule has 0 aliphatic carbocycles. The first kappa shape index (κ1) is 13.6. The highest BCUT2D eigenvalue weighted by atomic mass is 16.5. The van der Waals surface area contributed by atoms with Crippen LogP contribution in [0.5, 0.6) is 5.75 Å². The van der Waals surface area contributed by atoms with Crippen molar-refractivity contribution in [1.29, 1.82) is 0 Å². The molecule has 0 heterocycles. The summed E-state index contributed by atoms with van der Waals surface area (Å²) in [5, 5.41) is 9.28. The number of hydrogen-bond donors (Lipinski definition) is 1. The fourth-order valence-electron chi connectivity index (χ4n) is 2.27. The van der Waals surface area contributed by atoms with E-state index in [1.165, 1.54) is 0 Å². The smallest absolute Gasteiger partial charge is 0.311 e. The molecule has 17 heavy (non-hydrogen) atoms. The van der Waals surface area contributed by atoms with Crippen molar-refractivity contribution in [3.63, 3.8) is 0 Å². The van der Waals surface area contributed by atoms with Gasteiger partial charge in [-0.25, -0.2) is 0 Å². The van der Waals surface area contributed by atoms with Gasteiger partial charge in [-0.2, -0.15) is 0 Å². The molecule has 94 valence electrons. The van der Waals surface area contributed by atoms with E-state index in [0.717, 1.165) is 28.0 Å². The Morgan fingerprint density at radius 3 is 2.35 bits per heavy atom. The first-order valence-electron chi connectivity index (χ1n) is 5.81. The lowest BCUT2D eigenvalue weighted by molar-refractivity contribution is -0.138. The number of carbonyl (C=O) groups is 1. The third-order valence-corrected chi connectivity index (χ3v) is 3.29. The Morgan fingerprint density at radius 1 is 1.35 bits per heavy atom. The zero-order valence-corrected chi connectivity index (χ0v) is 11.1. The number of methoxy groups -OCH3 is 1. The second kappa shape index (κ2) is 5.21. The van der Waals surface area contributed by atoms with Gasteiger partial charge in [-0.15, -0.1) is 0 Å². The Kier molecular flexibility index (Phi) is 4.16. The molecular formula is C14H20O3. The van der Waals surface area contributed by atoms with Crippen molar-refractivity contribution >= 4 is 5.97 Å². The molecule has 0 saturated heterocycles. The van der Waals surface area contributed by atoms with Gasteiger partial charge in [0.1, 0.15) is 5.75 Å². The van der Waals surface area contributed by atoms with Gasteiger partial charge in [0.05, 0.1) is 13.0 Å². The Balaban J connectivity index is 3.50. The molecule has 3 heteroatoms. The molecule has 1 unspecified atom stereocenters. The van der Waals surface area contributed by atoms with Crippen LogP contribution in [0.3, 0.4) is 0 Å². The van der Waals surface area contributed by atoms with Gasteiger partial charge in [0.25, 0.3) is 0 Å². The highest BCUT2D eigenvalue weighted by Crippen LogP contribution is 2.36. The highest BCUT2D eigenvalue weighted by Gasteiger charge is 2.25. The Bertz CT molecular complexity index is 436. The lowest BCUT2D eigenvalue weighted by Crippen LogP contribution is -2.14. The number of aryl methyl sites for hydroxylation is 2. The molecule has 1 aromatic rings. The lowest BCUT2D eigenvalue weighted by atomic mass is 9.88. The summed E-state index contributed by atoms with van der Waals surface area (Å²) in [7, 11) is 1.60. The molecule has 0 aliphatic heterocycles. The minimum absolute atomic E-state index is 0.496. The summed E-state index contributed by atoms with van der Waals surface area (Å²) in [6.07, 6.45) is 0.565. The maximum absolute atomic E-state index is 11.3. The number of rotatable bonds is 4. The van der Waals surface area contributed by atoms with E-state index >= 15 is 0 Å². The fourth-order valence-corrected chi connectivity index (χ4v) is 2.27. The minimum atomic E-state index is -0.794. The predicted molar refractivity (Wildman–Crippen MR) is 67.9 cm³/mol. The van der Waals surface area contributed by atoms with E-state index in [2.05, 4.69) is 0 Å². The molecule has 0 saturated carbocycles. The van der Waals surface area contributed by atoms with Crippen molar-refractivity contribution in [2.75, 3.05) is 7.11 Å². The summed E-state index contributed by atoms with van der Waals surface area (Å²) in [6, 6.07) is 2.03. The summed E-state index contributed by atoms with van der Waals surface area (Å²) in [5.41, 5.74) is 3.95. The number of ether oxygens (including phenoxy) is 1. The van der Waals surface area contributed by atoms with E-state index in [9.17, 15) is 9.90 Å². The quantitative estimate of drug-likeness (QED) is 0.873. The SMILES string of the molecule is CCC(C(=O)O)c1c(C)cc(C)c(C)c1OC. The summed E-state index contributed by atoms with van der Waals surface area (Å²) < 4.78 is 5.41. The topological polar surface area (TPSA) is 46.5 Å². The van der Waals surface area contributed by atoms with Crippen molar-refractivity contribution in [3.05, 3.63) is 28.3 Å². The molecule has 0 bridgehead atoms. The van der Waals surface area contributed by atoms with Crippen LogP contribution in [0.1, 0.15) is 41.5 Å². The molecule has 0 amide bonds. The van der Waals surface area contributed by atoms with E-state index in [1.54, 1.807) is 7.11 Å². The Hall–Kier alpha value is -1.51. The van der Waals surface area contributed by atoms with E-state index in [4.69, 9.17) is 4.74 Å². The van der Waals surface area contributed by atoms with Crippen molar-refractivity contribution < 1.29 is 14.6 Å². The van der Waals surface area contributed by atoms with Crippen LogP contribution in [0.15, 0.2) is 6.07 Å². The van der Waals surface area contributed by atoms with Gasteiger partial charge in [-0.1, -0.05) is 13.0 Å². The zero-order valence-electron chi connectivity index (χ0n) is 11.1. The van der Waals surface area contributed by atoms with Crippen molar-refractivity contribution in [3.8, 4) is 5.75 Å². The van der Waals surface area contributed by atoms with E-state index < -0.39 is 11.9 Å². The monoisotopic (exact) mass is 236 g/mol. The second-order valence-electron chi connectivity index (χ2n) is 4.38. The first-order chi connectivity index (χ1) is 7.93. The third kappa shape index (κ3) is 2.43. The fraction of sp³-hybridized carbons (Fsp3) is 0.500. The van der Waals surface area contributed by atoms with Crippen molar-refractivity contribution in [2.24, 2.45) is 0 Å². The van der Waals surface area contributed by atoms with Crippen LogP contribution in [-0.4, -0.2) is 18.2 Å². The average molecular weight is 236 g/mol. The van der Waals surface area contributed by atoms with Gasteiger partial charge in [-0.3, -0.25) is 4.79 Å². The number of carboxylic acid groups (broad SMARTS) is 1. The molecule has 1 rings (SSSR count). The lowest BCUT2D eigenvalue weighted by Gasteiger charge is -2.20. The molecule has 1 aromatic carbocycles. The summed E-state index contributed by atoms with van der Waals surface area (Å²) in [4.78, 5) is 11.3. The Labute approximate surface area is 102 Å². The molecule has 0 spiro atoms. The summed E-state index contributed by atoms with van der Waals surface area (Å²) in [6.45, 7) is 7.80. The first-order valence-corrected chi connectivity index (χ1v) is 5.81. The van der Waals surface area contributed by atoms with Crippen LogP contribution in [0.25, 0.3) is 0 Å². The summed E-state index contributed by atoms with van der Waals surface area (Å²) in [5.74, 6) is -0.571. The van der Waals surface area contributed by atoms with Crippen LogP contribution >= 0.6 is 0 Å². The maximum Gasteiger partial charge on any atom is 0.311 e. The van der Waals surface area contributed by atoms with E-state index in [0.29, 0.717) is 6.42 Å². The van der Waals surface area contributed by atoms with Gasteiger partial charge in [0, 0.05) is 5.56 Å². The zero-order chi connectivity index (χ0) is 13.2. The molecule has 3 nitrogen and oxygen atoms in total. The minimum Gasteiger partial charge on any atom is -0.496 e. The number of benzene rings is 1. The van der Waals surface area contributed by atoms with Gasteiger partial charge < -0.3 is 9.84 Å². The van der Waals surface area contributed by atoms with Crippen molar-refractivity contribution in [1.82, 2.24) is 0 Å². The predicted octanol–water partition coefficient (Wildman–Crippen LogP) is 3.20. The molecule has 0 fully saturated rings. The van der Waals surface area contributed by atoms with Gasteiger partial charge in [-0.05, 0) is 43.9 Å². The van der Waals surface area contributed by atoms with Crippen molar-refractivity contribution in [2.45, 2.75) is 40.0 Å². The van der Waals surface area contributed by atoms with Crippen LogP contribution < -0.4 is 4.74 Å². The van der Waals surface area contributed by atoms with Crippen LogP contribution in [-0.2, 0) is 4.79 Å². The van der Waals surface area contributed by atoms with E-state index in [-0.39, 0.29) is 0 Å². The van der Waals surface area contributed by atoms with E-state index in [1.807, 2.05) is 33.8 Å². The Morgan fingerprint density at radius 2 is 1.94 bits per heavy atom. The molecule has 0 aromatic heterocycles. The van der Waals surface area contributed by atoms with Crippen LogP contribution in [0.2, 0.25) is 0 Å². The van der Waals surface area contributed by atoms with Crippen LogP contribution in [0, 0.1) is 20.8 Å². The second-order valence-corrected chi connectivity index (χ2v) is 4.38. The number of carboxylic acids is 1. The van der Waals surface area contributed by atoms with Gasteiger partial charge >= 0.3 is 5.97 Å². The number of aliphatic carboxylic acids is 1. The third-order valence-electron chi connectivity index (χ3n) is 3.29. The van der Waals surface area contributed by atoms with Gasteiger partial charge in [0.2, 0.25) is 0 Å². The average Bonchev–Trinajstić information content (AvgIpc) is 2.26. The standard InChI is InChI=1S/C14H20O3/c1-6-11(14(15)16)12-9(3)7-8(2)10(4)13(12)17-5/h7,11H,6H2,1-5H3,(H,15,16). The van der Waals surface area contributed by atoms with Crippen LogP contribution in [0.4, 0.5) is 0 Å². The normalized spacial score (nSPS) is 12.3. The highest BCUT2D eigenvalue weighted by molar-refractivity contribution is 5.78. The molecule has 0 aliphatic rings. The van der Waals surface area contributed by atoms with Gasteiger partial charge in [0.15, 0.2) is 0 Å². The summed E-state index contributed by atoms with van der Waals surface area (Å²) >= 11 is 0. The molecule has 0 radical (unpaired) electrons. The maximum atomic E-state index is 11.3. The largest absolute Gasteiger partial charge is 0.496 e. The molecular weight excluding hydrogens is 216 g/mol. The molecule has 1 atom stereocenters. The molecule has 1 N–H and O–H groups in total.